The second-order valence-electron chi connectivity index (χ2n) is 4.80. The van der Waals surface area contributed by atoms with E-state index in [9.17, 15) is 4.79 Å². The van der Waals surface area contributed by atoms with Crippen LogP contribution in [0.4, 0.5) is 5.69 Å². The molecule has 4 nitrogen and oxygen atoms in total. The lowest BCUT2D eigenvalue weighted by molar-refractivity contribution is -0.113. The Bertz CT molecular complexity index is 589. The van der Waals surface area contributed by atoms with Crippen molar-refractivity contribution in [2.45, 2.75) is 22.5 Å². The molecule has 8 heteroatoms. The van der Waals surface area contributed by atoms with Crippen LogP contribution in [-0.2, 0) is 4.79 Å². The Morgan fingerprint density at radius 1 is 1.23 bits per heavy atom. The summed E-state index contributed by atoms with van der Waals surface area (Å²) in [7, 11) is 3.44. The number of nitrogens with zero attached hydrogens (tertiary/aromatic N) is 2. The molecule has 0 unspecified atom stereocenters. The first-order chi connectivity index (χ1) is 10.6. The number of nitrogens with one attached hydrogen (secondary N) is 1. The SMILES string of the molecule is CC(C)CSSc1nnc(SCC(=O)Nc2ccccc2)s1. The van der Waals surface area contributed by atoms with E-state index in [4.69, 9.17) is 0 Å². The highest BCUT2D eigenvalue weighted by Crippen LogP contribution is 2.36. The third kappa shape index (κ3) is 6.60. The van der Waals surface area contributed by atoms with E-state index in [1.807, 2.05) is 30.3 Å². The van der Waals surface area contributed by atoms with E-state index >= 15 is 0 Å². The topological polar surface area (TPSA) is 54.9 Å². The van der Waals surface area contributed by atoms with Crippen molar-refractivity contribution in [1.82, 2.24) is 10.2 Å². The quantitative estimate of drug-likeness (QED) is 0.538. The van der Waals surface area contributed by atoms with E-state index in [1.54, 1.807) is 21.6 Å². The van der Waals surface area contributed by atoms with Gasteiger partial charge in [0.05, 0.1) is 5.75 Å². The van der Waals surface area contributed by atoms with E-state index in [1.165, 1.54) is 23.1 Å². The molecule has 0 saturated carbocycles. The summed E-state index contributed by atoms with van der Waals surface area (Å²) in [5.74, 6) is 2.07. The Hall–Kier alpha value is -0.700. The normalized spacial score (nSPS) is 10.9. The number of thioether (sulfide) groups is 1. The van der Waals surface area contributed by atoms with Gasteiger partial charge in [-0.1, -0.05) is 65.9 Å². The van der Waals surface area contributed by atoms with E-state index in [0.29, 0.717) is 11.7 Å². The van der Waals surface area contributed by atoms with E-state index in [2.05, 4.69) is 29.4 Å². The highest BCUT2D eigenvalue weighted by molar-refractivity contribution is 8.77. The predicted molar refractivity (Wildman–Crippen MR) is 98.9 cm³/mol. The Kier molecular flexibility index (Phi) is 7.57. The lowest BCUT2D eigenvalue weighted by Gasteiger charge is -2.02. The zero-order valence-corrected chi connectivity index (χ0v) is 15.6. The van der Waals surface area contributed by atoms with Crippen molar-refractivity contribution in [3.8, 4) is 0 Å². The smallest absolute Gasteiger partial charge is 0.234 e. The molecule has 0 spiro atoms. The highest BCUT2D eigenvalue weighted by Gasteiger charge is 2.09. The standard InChI is InChI=1S/C14H17N3OS4/c1-10(2)8-20-22-14-17-16-13(21-14)19-9-12(18)15-11-6-4-3-5-7-11/h3-7,10H,8-9H2,1-2H3,(H,15,18). The van der Waals surface area contributed by atoms with Gasteiger partial charge in [0.25, 0.3) is 0 Å². The van der Waals surface area contributed by atoms with E-state index in [0.717, 1.165) is 20.1 Å². The minimum absolute atomic E-state index is 0.0326. The first-order valence-electron chi connectivity index (χ1n) is 6.74. The van der Waals surface area contributed by atoms with Gasteiger partial charge in [-0.05, 0) is 28.8 Å². The first kappa shape index (κ1) is 17.7. The van der Waals surface area contributed by atoms with Crippen LogP contribution in [0.15, 0.2) is 39.0 Å². The monoisotopic (exact) mass is 371 g/mol. The van der Waals surface area contributed by atoms with E-state index < -0.39 is 0 Å². The van der Waals surface area contributed by atoms with Gasteiger partial charge in [0.2, 0.25) is 5.91 Å². The average molecular weight is 372 g/mol. The molecule has 1 heterocycles. The second-order valence-corrected chi connectivity index (χ2v) is 9.59. The molecular weight excluding hydrogens is 354 g/mol. The molecule has 0 radical (unpaired) electrons. The van der Waals surface area contributed by atoms with Crippen LogP contribution in [0, 0.1) is 5.92 Å². The predicted octanol–water partition coefficient (Wildman–Crippen LogP) is 4.67. The van der Waals surface area contributed by atoms with Gasteiger partial charge in [-0.3, -0.25) is 4.79 Å². The fraction of sp³-hybridized carbons (Fsp3) is 0.357. The largest absolute Gasteiger partial charge is 0.325 e. The summed E-state index contributed by atoms with van der Waals surface area (Å²) in [6.45, 7) is 4.39. The minimum atomic E-state index is -0.0326. The van der Waals surface area contributed by atoms with Crippen molar-refractivity contribution in [3.63, 3.8) is 0 Å². The fourth-order valence-corrected chi connectivity index (χ4v) is 5.95. The maximum Gasteiger partial charge on any atom is 0.234 e. The molecule has 0 saturated heterocycles. The highest BCUT2D eigenvalue weighted by atomic mass is 33.1. The molecule has 0 bridgehead atoms. The summed E-state index contributed by atoms with van der Waals surface area (Å²) < 4.78 is 1.77. The first-order valence-corrected chi connectivity index (χ1v) is 10.9. The Balaban J connectivity index is 1.72. The number of aromatic nitrogens is 2. The van der Waals surface area contributed by atoms with Crippen LogP contribution in [0.5, 0.6) is 0 Å². The molecule has 0 aliphatic carbocycles. The zero-order chi connectivity index (χ0) is 15.8. The molecular formula is C14H17N3OS4. The molecule has 1 aromatic carbocycles. The number of para-hydroxylation sites is 1. The average Bonchev–Trinajstić information content (AvgIpc) is 2.94. The Morgan fingerprint density at radius 3 is 2.68 bits per heavy atom. The molecule has 0 aliphatic rings. The Labute approximate surface area is 146 Å². The second kappa shape index (κ2) is 9.44. The maximum atomic E-state index is 11.9. The van der Waals surface area contributed by atoms with E-state index in [-0.39, 0.29) is 5.91 Å². The summed E-state index contributed by atoms with van der Waals surface area (Å²) in [6, 6.07) is 9.45. The molecule has 0 fully saturated rings. The van der Waals surface area contributed by atoms with Gasteiger partial charge in [0, 0.05) is 11.4 Å². The maximum absolute atomic E-state index is 11.9. The van der Waals surface area contributed by atoms with Crippen molar-refractivity contribution < 1.29 is 4.79 Å². The summed E-state index contributed by atoms with van der Waals surface area (Å²) in [4.78, 5) is 11.9. The third-order valence-electron chi connectivity index (χ3n) is 2.30. The third-order valence-corrected chi connectivity index (χ3v) is 7.35. The van der Waals surface area contributed by atoms with Gasteiger partial charge in [0.1, 0.15) is 0 Å². The van der Waals surface area contributed by atoms with Crippen molar-refractivity contribution in [3.05, 3.63) is 30.3 Å². The number of anilines is 1. The lowest BCUT2D eigenvalue weighted by Crippen LogP contribution is -2.13. The number of benzene rings is 1. The summed E-state index contributed by atoms with van der Waals surface area (Å²) >= 11 is 2.95. The molecule has 0 atom stereocenters. The fourth-order valence-electron chi connectivity index (χ4n) is 1.36. The molecule has 118 valence electrons. The van der Waals surface area contributed by atoms with Gasteiger partial charge < -0.3 is 5.32 Å². The van der Waals surface area contributed by atoms with Crippen molar-refractivity contribution in [2.75, 3.05) is 16.8 Å². The van der Waals surface area contributed by atoms with Gasteiger partial charge in [-0.2, -0.15) is 0 Å². The minimum Gasteiger partial charge on any atom is -0.325 e. The summed E-state index contributed by atoms with van der Waals surface area (Å²) in [5, 5.41) is 11.1. The molecule has 22 heavy (non-hydrogen) atoms. The van der Waals surface area contributed by atoms with Crippen molar-refractivity contribution in [2.24, 2.45) is 5.92 Å². The zero-order valence-electron chi connectivity index (χ0n) is 12.3. The summed E-state index contributed by atoms with van der Waals surface area (Å²) in [6.07, 6.45) is 0. The van der Waals surface area contributed by atoms with Crippen LogP contribution in [0.2, 0.25) is 0 Å². The summed E-state index contributed by atoms with van der Waals surface area (Å²) in [5.41, 5.74) is 0.812. The number of hydrogen-bond donors (Lipinski definition) is 1. The number of amides is 1. The number of rotatable bonds is 8. The Morgan fingerprint density at radius 2 is 1.95 bits per heavy atom. The molecule has 1 N–H and O–H groups in total. The van der Waals surface area contributed by atoms with Crippen LogP contribution in [0.3, 0.4) is 0 Å². The van der Waals surface area contributed by atoms with Crippen LogP contribution in [-0.4, -0.2) is 27.6 Å². The van der Waals surface area contributed by atoms with Gasteiger partial charge >= 0.3 is 0 Å². The molecule has 2 rings (SSSR count). The van der Waals surface area contributed by atoms with Gasteiger partial charge in [-0.15, -0.1) is 10.2 Å². The van der Waals surface area contributed by atoms with Crippen LogP contribution in [0.1, 0.15) is 13.8 Å². The van der Waals surface area contributed by atoms with Gasteiger partial charge in [-0.25, -0.2) is 0 Å². The molecule has 2 aromatic rings. The molecule has 1 aromatic heterocycles. The van der Waals surface area contributed by atoms with Crippen molar-refractivity contribution in [1.29, 1.82) is 0 Å². The number of hydrogen-bond acceptors (Lipinski definition) is 7. The van der Waals surface area contributed by atoms with Crippen LogP contribution < -0.4 is 5.32 Å². The van der Waals surface area contributed by atoms with Crippen LogP contribution in [0.25, 0.3) is 0 Å². The molecule has 0 aliphatic heterocycles. The lowest BCUT2D eigenvalue weighted by atomic mass is 10.3. The van der Waals surface area contributed by atoms with Gasteiger partial charge in [0.15, 0.2) is 8.68 Å². The number of carbonyl (C=O) groups is 1. The van der Waals surface area contributed by atoms with Crippen molar-refractivity contribution >= 4 is 56.3 Å². The number of carbonyl (C=O) groups excluding carboxylic acids is 1. The molecule has 1 amide bonds. The van der Waals surface area contributed by atoms with Crippen LogP contribution >= 0.6 is 44.7 Å².